The molecule has 0 radical (unpaired) electrons. The molecule has 0 aliphatic rings. The molecule has 30 heavy (non-hydrogen) atoms. The van der Waals surface area contributed by atoms with E-state index >= 15 is 0 Å². The molecule has 10 heteroatoms. The number of nitrogens with one attached hydrogen (secondary N) is 2. The summed E-state index contributed by atoms with van der Waals surface area (Å²) >= 11 is 0. The Bertz CT molecular complexity index is 1070. The lowest BCUT2D eigenvalue weighted by atomic mass is 10.1. The first-order chi connectivity index (χ1) is 14.1. The highest BCUT2D eigenvalue weighted by atomic mass is 32.2. The van der Waals surface area contributed by atoms with Gasteiger partial charge in [-0.25, -0.2) is 17.2 Å². The summed E-state index contributed by atoms with van der Waals surface area (Å²) in [5.41, 5.74) is 0.115. The first-order valence-electron chi connectivity index (χ1n) is 8.79. The van der Waals surface area contributed by atoms with Crippen molar-refractivity contribution in [2.75, 3.05) is 22.4 Å². The van der Waals surface area contributed by atoms with Crippen LogP contribution >= 0.6 is 0 Å². The summed E-state index contributed by atoms with van der Waals surface area (Å²) in [4.78, 5) is 25.0. The molecule has 1 unspecified atom stereocenters. The average Bonchev–Trinajstić information content (AvgIpc) is 2.68. The monoisotopic (exact) mass is 437 g/mol. The Kier molecular flexibility index (Phi) is 7.28. The van der Waals surface area contributed by atoms with Gasteiger partial charge in [-0.15, -0.1) is 6.58 Å². The SMILES string of the molecule is C=CCNC(=O)c1ccccc1NC(=O)C(C)N(c1ccc(F)c(F)c1)S(C)(=O)=O. The van der Waals surface area contributed by atoms with E-state index in [-0.39, 0.29) is 23.5 Å². The van der Waals surface area contributed by atoms with Gasteiger partial charge in [-0.1, -0.05) is 18.2 Å². The number of rotatable bonds is 8. The number of anilines is 2. The van der Waals surface area contributed by atoms with Crippen LogP contribution in [0.5, 0.6) is 0 Å². The standard InChI is InChI=1S/C20H21F2N3O4S/c1-4-11-23-20(27)15-7-5-6-8-18(15)24-19(26)13(2)25(30(3,28)29)14-9-10-16(21)17(22)12-14/h4-10,12-13H,1,11H2,2-3H3,(H,23,27)(H,24,26). The van der Waals surface area contributed by atoms with Crippen molar-refractivity contribution in [2.24, 2.45) is 0 Å². The van der Waals surface area contributed by atoms with Crippen LogP contribution in [0, 0.1) is 11.6 Å². The normalized spacial score (nSPS) is 12.0. The van der Waals surface area contributed by atoms with Crippen molar-refractivity contribution in [1.29, 1.82) is 0 Å². The van der Waals surface area contributed by atoms with Crippen molar-refractivity contribution >= 4 is 33.2 Å². The van der Waals surface area contributed by atoms with Gasteiger partial charge in [0, 0.05) is 12.6 Å². The van der Waals surface area contributed by atoms with E-state index in [0.717, 1.165) is 18.4 Å². The zero-order valence-corrected chi connectivity index (χ0v) is 17.2. The maximum atomic E-state index is 13.6. The van der Waals surface area contributed by atoms with Crippen LogP contribution in [-0.4, -0.2) is 39.1 Å². The molecule has 2 aromatic carbocycles. The van der Waals surface area contributed by atoms with Gasteiger partial charge < -0.3 is 10.6 Å². The van der Waals surface area contributed by atoms with Crippen LogP contribution < -0.4 is 14.9 Å². The highest BCUT2D eigenvalue weighted by Gasteiger charge is 2.30. The first kappa shape index (κ1) is 23.0. The molecule has 0 fully saturated rings. The molecule has 0 heterocycles. The van der Waals surface area contributed by atoms with E-state index in [1.165, 1.54) is 25.1 Å². The summed E-state index contributed by atoms with van der Waals surface area (Å²) in [5, 5.41) is 5.10. The minimum Gasteiger partial charge on any atom is -0.349 e. The van der Waals surface area contributed by atoms with E-state index in [0.29, 0.717) is 10.4 Å². The lowest BCUT2D eigenvalue weighted by Crippen LogP contribution is -2.45. The van der Waals surface area contributed by atoms with E-state index in [9.17, 15) is 26.8 Å². The Morgan fingerprint density at radius 2 is 1.83 bits per heavy atom. The number of nitrogens with zero attached hydrogens (tertiary/aromatic N) is 1. The number of carbonyl (C=O) groups excluding carboxylic acids is 2. The van der Waals surface area contributed by atoms with Crippen LogP contribution in [0.1, 0.15) is 17.3 Å². The number of para-hydroxylation sites is 1. The molecule has 0 bridgehead atoms. The molecule has 0 aromatic heterocycles. The van der Waals surface area contributed by atoms with Gasteiger partial charge in [0.05, 0.1) is 23.2 Å². The van der Waals surface area contributed by atoms with Gasteiger partial charge in [-0.2, -0.15) is 0 Å². The van der Waals surface area contributed by atoms with Gasteiger partial charge in [0.1, 0.15) is 6.04 Å². The van der Waals surface area contributed by atoms with Crippen LogP contribution in [0.25, 0.3) is 0 Å². The predicted octanol–water partition coefficient (Wildman–Crippen LogP) is 2.67. The van der Waals surface area contributed by atoms with Crippen LogP contribution in [0.3, 0.4) is 0 Å². The topological polar surface area (TPSA) is 95.6 Å². The van der Waals surface area contributed by atoms with Crippen molar-refractivity contribution in [3.63, 3.8) is 0 Å². The second kappa shape index (κ2) is 9.49. The number of halogens is 2. The van der Waals surface area contributed by atoms with E-state index in [1.54, 1.807) is 12.1 Å². The largest absolute Gasteiger partial charge is 0.349 e. The summed E-state index contributed by atoms with van der Waals surface area (Å²) in [5.74, 6) is -3.63. The number of benzene rings is 2. The number of amides is 2. The summed E-state index contributed by atoms with van der Waals surface area (Å²) in [7, 11) is -4.03. The summed E-state index contributed by atoms with van der Waals surface area (Å²) in [6.07, 6.45) is 2.34. The second-order valence-corrected chi connectivity index (χ2v) is 8.23. The van der Waals surface area contributed by atoms with Gasteiger partial charge in [0.15, 0.2) is 11.6 Å². The first-order valence-corrected chi connectivity index (χ1v) is 10.6. The van der Waals surface area contributed by atoms with Gasteiger partial charge in [0.2, 0.25) is 15.9 Å². The van der Waals surface area contributed by atoms with Crippen LogP contribution in [0.4, 0.5) is 20.2 Å². The Morgan fingerprint density at radius 3 is 2.43 bits per heavy atom. The summed E-state index contributed by atoms with van der Waals surface area (Å²) in [6, 6.07) is 7.36. The molecule has 7 nitrogen and oxygen atoms in total. The Hall–Kier alpha value is -3.27. The van der Waals surface area contributed by atoms with Crippen molar-refractivity contribution in [2.45, 2.75) is 13.0 Å². The maximum absolute atomic E-state index is 13.6. The lowest BCUT2D eigenvalue weighted by molar-refractivity contribution is -0.116. The number of sulfonamides is 1. The fourth-order valence-corrected chi connectivity index (χ4v) is 3.88. The van der Waals surface area contributed by atoms with E-state index < -0.39 is 39.5 Å². The van der Waals surface area contributed by atoms with Gasteiger partial charge >= 0.3 is 0 Å². The van der Waals surface area contributed by atoms with E-state index in [4.69, 9.17) is 0 Å². The third kappa shape index (κ3) is 5.41. The van der Waals surface area contributed by atoms with Crippen molar-refractivity contribution < 1.29 is 26.8 Å². The smallest absolute Gasteiger partial charge is 0.253 e. The number of hydrogen-bond donors (Lipinski definition) is 2. The highest BCUT2D eigenvalue weighted by Crippen LogP contribution is 2.24. The molecule has 2 amide bonds. The zero-order valence-electron chi connectivity index (χ0n) is 16.4. The van der Waals surface area contributed by atoms with Gasteiger partial charge in [-0.05, 0) is 31.2 Å². The summed E-state index contributed by atoms with van der Waals surface area (Å²) in [6.45, 7) is 5.01. The van der Waals surface area contributed by atoms with Crippen molar-refractivity contribution in [3.8, 4) is 0 Å². The highest BCUT2D eigenvalue weighted by molar-refractivity contribution is 7.92. The molecule has 0 saturated heterocycles. The van der Waals surface area contributed by atoms with Crippen molar-refractivity contribution in [1.82, 2.24) is 5.32 Å². The molecule has 2 rings (SSSR count). The van der Waals surface area contributed by atoms with Crippen molar-refractivity contribution in [3.05, 3.63) is 72.3 Å². The van der Waals surface area contributed by atoms with Crippen LogP contribution in [-0.2, 0) is 14.8 Å². The minimum atomic E-state index is -4.03. The van der Waals surface area contributed by atoms with Gasteiger partial charge in [-0.3, -0.25) is 13.9 Å². The fraction of sp³-hybridized carbons (Fsp3) is 0.200. The molecule has 2 aromatic rings. The second-order valence-electron chi connectivity index (χ2n) is 6.37. The number of carbonyl (C=O) groups is 2. The van der Waals surface area contributed by atoms with Crippen LogP contribution in [0.2, 0.25) is 0 Å². The average molecular weight is 437 g/mol. The fourth-order valence-electron chi connectivity index (χ4n) is 2.72. The third-order valence-electron chi connectivity index (χ3n) is 4.08. The zero-order chi connectivity index (χ0) is 22.5. The van der Waals surface area contributed by atoms with E-state index in [1.807, 2.05) is 0 Å². The third-order valence-corrected chi connectivity index (χ3v) is 5.32. The Morgan fingerprint density at radius 1 is 1.17 bits per heavy atom. The minimum absolute atomic E-state index is 0.162. The molecule has 2 N–H and O–H groups in total. The van der Waals surface area contributed by atoms with Crippen LogP contribution in [0.15, 0.2) is 55.1 Å². The molecular weight excluding hydrogens is 416 g/mol. The Labute approximate surface area is 173 Å². The van der Waals surface area contributed by atoms with Gasteiger partial charge in [0.25, 0.3) is 5.91 Å². The maximum Gasteiger partial charge on any atom is 0.253 e. The van der Waals surface area contributed by atoms with E-state index in [2.05, 4.69) is 17.2 Å². The lowest BCUT2D eigenvalue weighted by Gasteiger charge is -2.28. The molecule has 0 aliphatic heterocycles. The molecule has 160 valence electrons. The molecular formula is C20H21F2N3O4S. The summed E-state index contributed by atoms with van der Waals surface area (Å²) < 4.78 is 52.1. The molecule has 1 atom stereocenters. The Balaban J connectivity index is 2.34. The molecule has 0 spiro atoms. The molecule has 0 aliphatic carbocycles. The number of hydrogen-bond acceptors (Lipinski definition) is 4. The quantitative estimate of drug-likeness (QED) is 0.621. The molecule has 0 saturated carbocycles. The predicted molar refractivity (Wildman–Crippen MR) is 111 cm³/mol.